The summed E-state index contributed by atoms with van der Waals surface area (Å²) >= 11 is 0. The zero-order valence-corrected chi connectivity index (χ0v) is 26.1. The van der Waals surface area contributed by atoms with Crippen molar-refractivity contribution < 1.29 is 19.8 Å². The predicted molar refractivity (Wildman–Crippen MR) is 179 cm³/mol. The zero-order valence-electron chi connectivity index (χ0n) is 25.3. The first-order valence-electron chi connectivity index (χ1n) is 15.6. The number of benzene rings is 3. The Hall–Kier alpha value is -4.97. The van der Waals surface area contributed by atoms with Crippen LogP contribution in [0.25, 0.3) is 33.6 Å². The summed E-state index contributed by atoms with van der Waals surface area (Å²) in [4.78, 5) is 42.9. The van der Waals surface area contributed by atoms with Gasteiger partial charge in [0.1, 0.15) is 17.7 Å². The summed E-state index contributed by atoms with van der Waals surface area (Å²) in [5, 5.41) is 24.9. The fourth-order valence-electron chi connectivity index (χ4n) is 7.06. The molecule has 0 saturated carbocycles. The van der Waals surface area contributed by atoms with E-state index in [0.29, 0.717) is 38.1 Å². The lowest BCUT2D eigenvalue weighted by Crippen LogP contribution is -2.48. The highest BCUT2D eigenvalue weighted by Crippen LogP contribution is 2.44. The average molecular weight is 652 g/mol. The highest BCUT2D eigenvalue weighted by atomic mass is 35.5. The van der Waals surface area contributed by atoms with Crippen molar-refractivity contribution in [2.24, 2.45) is 0 Å². The van der Waals surface area contributed by atoms with Crippen LogP contribution in [0.15, 0.2) is 79.1 Å². The Morgan fingerprint density at radius 1 is 0.851 bits per heavy atom. The van der Waals surface area contributed by atoms with Gasteiger partial charge in [-0.1, -0.05) is 66.7 Å². The number of imidazole rings is 2. The Bertz CT molecular complexity index is 1940. The van der Waals surface area contributed by atoms with Crippen LogP contribution in [0, 0.1) is 0 Å². The van der Waals surface area contributed by atoms with Crippen molar-refractivity contribution in [2.75, 3.05) is 11.4 Å². The molecule has 0 unspecified atom stereocenters. The molecule has 2 amide bonds. The van der Waals surface area contributed by atoms with Crippen molar-refractivity contribution in [1.29, 1.82) is 0 Å². The van der Waals surface area contributed by atoms with Gasteiger partial charge in [-0.2, -0.15) is 0 Å². The number of aromatic amines is 2. The van der Waals surface area contributed by atoms with Crippen molar-refractivity contribution in [3.8, 4) is 33.6 Å². The Morgan fingerprint density at radius 2 is 1.45 bits per heavy atom. The van der Waals surface area contributed by atoms with Gasteiger partial charge in [-0.25, -0.2) is 14.8 Å². The number of hydrogen-bond donors (Lipinski definition) is 6. The van der Waals surface area contributed by atoms with Crippen LogP contribution in [0.5, 0.6) is 0 Å². The molecule has 240 valence electrons. The summed E-state index contributed by atoms with van der Waals surface area (Å²) in [5.74, 6) is 1.26. The van der Waals surface area contributed by atoms with Crippen LogP contribution in [0.1, 0.15) is 47.7 Å². The maximum Gasteiger partial charge on any atom is 0.405 e. The fourth-order valence-corrected chi connectivity index (χ4v) is 7.06. The number of nitrogens with one attached hydrogen (secondary N) is 4. The molecule has 3 aliphatic rings. The standard InChI is InChI=1S/C35H33N7O4.ClH/c43-25-15-27(36-16-25)32-37-17-28(39-32)21-8-4-19(5-9-21)20-6-10-22(11-7-20)29-18-38-33(40-29)30-14-24-3-1-2-23-12-13-26(41-35(45)46)34(44)42(30)31(23)24;/h1-11,17-18,25-27,30,36,41,43H,12-16H2,(H,37,39)(H,38,40)(H,45,46);1H/t25-,26-,27-,30-;/m0./s1. The number of H-pyrrole nitrogens is 2. The molecule has 0 aliphatic carbocycles. The summed E-state index contributed by atoms with van der Waals surface area (Å²) in [5.41, 5.74) is 8.96. The number of anilines is 1. The second-order valence-electron chi connectivity index (χ2n) is 12.3. The van der Waals surface area contributed by atoms with Crippen LogP contribution in [0.3, 0.4) is 0 Å². The lowest BCUT2D eigenvalue weighted by molar-refractivity contribution is -0.120. The summed E-state index contributed by atoms with van der Waals surface area (Å²) in [7, 11) is 0. The maximum atomic E-state index is 13.7. The largest absolute Gasteiger partial charge is 0.465 e. The normalized spacial score (nSPS) is 21.6. The number of β-amino-alcohol motifs (C(OH)–C–C–N with tert-alkyl or cyclic N) is 1. The van der Waals surface area contributed by atoms with Gasteiger partial charge in [-0.05, 0) is 52.6 Å². The molecule has 5 heterocycles. The number of carboxylic acid groups (broad SMARTS) is 1. The van der Waals surface area contributed by atoms with Crippen LogP contribution in [-0.2, 0) is 17.6 Å². The van der Waals surface area contributed by atoms with Crippen molar-refractivity contribution >= 4 is 30.1 Å². The first kappa shape index (κ1) is 30.7. The lowest BCUT2D eigenvalue weighted by atomic mass is 10.0. The van der Waals surface area contributed by atoms with E-state index in [9.17, 15) is 19.8 Å². The Balaban J connectivity index is 0.00000351. The van der Waals surface area contributed by atoms with E-state index in [2.05, 4.69) is 74.1 Å². The molecule has 3 aliphatic heterocycles. The van der Waals surface area contributed by atoms with Crippen LogP contribution >= 0.6 is 12.4 Å². The number of nitrogens with zero attached hydrogens (tertiary/aromatic N) is 3. The van der Waals surface area contributed by atoms with Crippen LogP contribution in [-0.4, -0.2) is 60.8 Å². The number of amides is 2. The van der Waals surface area contributed by atoms with Crippen molar-refractivity contribution in [3.05, 3.63) is 102 Å². The minimum atomic E-state index is -1.20. The van der Waals surface area contributed by atoms with Crippen LogP contribution < -0.4 is 15.5 Å². The number of aliphatic hydroxyl groups is 1. The third kappa shape index (κ3) is 5.67. The summed E-state index contributed by atoms with van der Waals surface area (Å²) < 4.78 is 0. The van der Waals surface area contributed by atoms with E-state index in [1.165, 1.54) is 0 Å². The number of aliphatic hydroxyl groups excluding tert-OH is 1. The molecule has 11 nitrogen and oxygen atoms in total. The van der Waals surface area contributed by atoms with Gasteiger partial charge in [-0.3, -0.25) is 9.69 Å². The molecule has 2 aromatic heterocycles. The number of halogens is 1. The molecule has 0 spiro atoms. The van der Waals surface area contributed by atoms with Crippen molar-refractivity contribution in [2.45, 2.75) is 49.9 Å². The molecular weight excluding hydrogens is 618 g/mol. The minimum Gasteiger partial charge on any atom is -0.465 e. The number of carbonyl (C=O) groups is 2. The Morgan fingerprint density at radius 3 is 2.06 bits per heavy atom. The second-order valence-corrected chi connectivity index (χ2v) is 12.3. The molecule has 1 saturated heterocycles. The first-order valence-corrected chi connectivity index (χ1v) is 15.6. The van der Waals surface area contributed by atoms with Crippen LogP contribution in [0.4, 0.5) is 10.5 Å². The fraction of sp³-hybridized carbons (Fsp3) is 0.257. The molecule has 47 heavy (non-hydrogen) atoms. The first-order chi connectivity index (χ1) is 22.4. The molecule has 0 radical (unpaired) electrons. The van der Waals surface area contributed by atoms with E-state index < -0.39 is 12.1 Å². The second kappa shape index (κ2) is 12.3. The molecule has 4 atom stereocenters. The molecule has 6 N–H and O–H groups in total. The van der Waals surface area contributed by atoms with Gasteiger partial charge in [-0.15, -0.1) is 12.4 Å². The topological polar surface area (TPSA) is 159 Å². The van der Waals surface area contributed by atoms with E-state index in [4.69, 9.17) is 4.98 Å². The predicted octanol–water partition coefficient (Wildman–Crippen LogP) is 5.16. The van der Waals surface area contributed by atoms with Crippen LogP contribution in [0.2, 0.25) is 0 Å². The van der Waals surface area contributed by atoms with E-state index >= 15 is 0 Å². The van der Waals surface area contributed by atoms with Gasteiger partial charge in [0.2, 0.25) is 5.91 Å². The van der Waals surface area contributed by atoms with Gasteiger partial charge >= 0.3 is 6.09 Å². The highest BCUT2D eigenvalue weighted by molar-refractivity contribution is 6.02. The quantitative estimate of drug-likeness (QED) is 0.148. The van der Waals surface area contributed by atoms with E-state index in [1.54, 1.807) is 11.1 Å². The lowest BCUT2D eigenvalue weighted by Gasteiger charge is -2.27. The summed E-state index contributed by atoms with van der Waals surface area (Å²) in [6, 6.07) is 21.5. The molecule has 12 heteroatoms. The molecule has 0 bridgehead atoms. The van der Waals surface area contributed by atoms with Gasteiger partial charge in [0.25, 0.3) is 0 Å². The summed E-state index contributed by atoms with van der Waals surface area (Å²) in [6.45, 7) is 0.583. The summed E-state index contributed by atoms with van der Waals surface area (Å²) in [6.07, 6.45) is 4.38. The van der Waals surface area contributed by atoms with E-state index in [1.807, 2.05) is 24.4 Å². The molecule has 1 fully saturated rings. The number of hydrogen-bond acceptors (Lipinski definition) is 6. The monoisotopic (exact) mass is 651 g/mol. The number of aromatic nitrogens is 4. The third-order valence-corrected chi connectivity index (χ3v) is 9.37. The number of rotatable bonds is 6. The van der Waals surface area contributed by atoms with Gasteiger partial charge in [0, 0.05) is 13.0 Å². The van der Waals surface area contributed by atoms with Crippen molar-refractivity contribution in [1.82, 2.24) is 30.6 Å². The van der Waals surface area contributed by atoms with Gasteiger partial charge in [0.15, 0.2) is 0 Å². The van der Waals surface area contributed by atoms with E-state index in [0.717, 1.165) is 56.3 Å². The molecule has 5 aromatic rings. The third-order valence-electron chi connectivity index (χ3n) is 9.37. The zero-order chi connectivity index (χ0) is 31.4. The Kier molecular flexibility index (Phi) is 8.04. The molecule has 3 aromatic carbocycles. The van der Waals surface area contributed by atoms with Crippen molar-refractivity contribution in [3.63, 3.8) is 0 Å². The number of aryl methyl sites for hydroxylation is 1. The number of para-hydroxylation sites is 1. The SMILES string of the molecule is Cl.O=C(O)N[C@H]1CCc2cccc3c2N(C1=O)[C@H](c1ncc(-c2ccc(-c4ccc(-c5cnc([C@@H]6C[C@H](O)CN6)[nH]5)cc4)cc2)[nH]1)C3. The van der Waals surface area contributed by atoms with E-state index in [-0.39, 0.29) is 36.5 Å². The minimum absolute atomic E-state index is 0. The highest BCUT2D eigenvalue weighted by Gasteiger charge is 2.42. The smallest absolute Gasteiger partial charge is 0.405 e. The van der Waals surface area contributed by atoms with Gasteiger partial charge < -0.3 is 30.8 Å². The molecular formula is C35H34ClN7O4. The maximum absolute atomic E-state index is 13.7. The van der Waals surface area contributed by atoms with Gasteiger partial charge in [0.05, 0.1) is 47.7 Å². The Labute approximate surface area is 276 Å². The average Bonchev–Trinajstić information content (AvgIpc) is 3.87. The molecule has 8 rings (SSSR count). The number of carbonyl (C=O) groups excluding carboxylic acids is 1.